The molecule has 138 valence electrons. The lowest BCUT2D eigenvalue weighted by Crippen LogP contribution is -2.13. The van der Waals surface area contributed by atoms with Crippen molar-refractivity contribution in [1.82, 2.24) is 4.98 Å². The highest BCUT2D eigenvalue weighted by atomic mass is 35.5. The topological polar surface area (TPSA) is 112 Å². The standard InChI is InChI=1S/C19H16N4O2S.ClH/c1-13-4-9-17(19-18(13)15(11-21)12-22-19)23-26(24,25)16-7-5-14(6-8-16)3-2-10-20;/h4-9,12,22-23H,10,20H2,1H3;1H. The van der Waals surface area contributed by atoms with Crippen LogP contribution in [0.15, 0.2) is 47.5 Å². The van der Waals surface area contributed by atoms with Gasteiger partial charge in [0.15, 0.2) is 0 Å². The number of hydrogen-bond donors (Lipinski definition) is 3. The number of nitrogens with zero attached hydrogens (tertiary/aromatic N) is 1. The van der Waals surface area contributed by atoms with Crippen molar-refractivity contribution in [3.63, 3.8) is 0 Å². The number of H-pyrrole nitrogens is 1. The summed E-state index contributed by atoms with van der Waals surface area (Å²) in [6.07, 6.45) is 1.57. The maximum Gasteiger partial charge on any atom is 0.261 e. The lowest BCUT2D eigenvalue weighted by atomic mass is 10.1. The Morgan fingerprint density at radius 2 is 1.89 bits per heavy atom. The van der Waals surface area contributed by atoms with Crippen molar-refractivity contribution in [3.05, 3.63) is 59.3 Å². The van der Waals surface area contributed by atoms with Crippen LogP contribution < -0.4 is 10.5 Å². The molecule has 0 saturated carbocycles. The van der Waals surface area contributed by atoms with Gasteiger partial charge in [0, 0.05) is 17.1 Å². The second-order valence-corrected chi connectivity index (χ2v) is 7.31. The molecule has 1 aromatic heterocycles. The molecular formula is C19H17ClN4O2S. The first-order valence-electron chi connectivity index (χ1n) is 7.79. The highest BCUT2D eigenvalue weighted by Crippen LogP contribution is 2.29. The van der Waals surface area contributed by atoms with E-state index in [0.29, 0.717) is 27.7 Å². The Morgan fingerprint density at radius 3 is 2.52 bits per heavy atom. The van der Waals surface area contributed by atoms with Crippen LogP contribution in [0.1, 0.15) is 16.7 Å². The third-order valence-electron chi connectivity index (χ3n) is 3.91. The van der Waals surface area contributed by atoms with Crippen molar-refractivity contribution in [3.8, 4) is 17.9 Å². The number of benzene rings is 2. The molecule has 3 rings (SSSR count). The van der Waals surface area contributed by atoms with Crippen LogP contribution in [0.2, 0.25) is 0 Å². The zero-order valence-corrected chi connectivity index (χ0v) is 16.0. The van der Waals surface area contributed by atoms with Gasteiger partial charge in [0.1, 0.15) is 6.07 Å². The SMILES string of the molecule is Cc1ccc(NS(=O)(=O)c2ccc(C#CCN)cc2)c2[nH]cc(C#N)c12.Cl. The summed E-state index contributed by atoms with van der Waals surface area (Å²) in [6, 6.07) is 11.8. The molecule has 8 heteroatoms. The summed E-state index contributed by atoms with van der Waals surface area (Å²) in [7, 11) is -3.78. The average molecular weight is 401 g/mol. The van der Waals surface area contributed by atoms with Crippen molar-refractivity contribution in [2.75, 3.05) is 11.3 Å². The number of anilines is 1. The number of nitrogens with two attached hydrogens (primary N) is 1. The fourth-order valence-corrected chi connectivity index (χ4v) is 3.74. The van der Waals surface area contributed by atoms with E-state index < -0.39 is 10.0 Å². The molecule has 3 aromatic rings. The van der Waals surface area contributed by atoms with Crippen LogP contribution in [0.25, 0.3) is 10.9 Å². The summed E-state index contributed by atoms with van der Waals surface area (Å²) >= 11 is 0. The Hall–Kier alpha value is -2.97. The highest BCUT2D eigenvalue weighted by Gasteiger charge is 2.17. The van der Waals surface area contributed by atoms with Gasteiger partial charge in [-0.1, -0.05) is 17.9 Å². The van der Waals surface area contributed by atoms with Crippen molar-refractivity contribution in [2.24, 2.45) is 5.73 Å². The molecule has 0 fully saturated rings. The molecule has 0 amide bonds. The number of nitrogens with one attached hydrogen (secondary N) is 2. The molecule has 0 aliphatic rings. The van der Waals surface area contributed by atoms with Crippen LogP contribution in [0, 0.1) is 30.1 Å². The van der Waals surface area contributed by atoms with Crippen LogP contribution in [0.3, 0.4) is 0 Å². The normalized spacial score (nSPS) is 10.4. The van der Waals surface area contributed by atoms with Crippen LogP contribution in [-0.2, 0) is 10.0 Å². The molecule has 27 heavy (non-hydrogen) atoms. The van der Waals surface area contributed by atoms with E-state index in [1.165, 1.54) is 12.1 Å². The number of aromatic nitrogens is 1. The van der Waals surface area contributed by atoms with E-state index in [2.05, 4.69) is 27.6 Å². The first-order valence-corrected chi connectivity index (χ1v) is 9.27. The van der Waals surface area contributed by atoms with Crippen LogP contribution in [0.4, 0.5) is 5.69 Å². The first-order chi connectivity index (χ1) is 12.5. The van der Waals surface area contributed by atoms with E-state index in [-0.39, 0.29) is 23.8 Å². The number of fused-ring (bicyclic) bond motifs is 1. The first kappa shape index (κ1) is 20.3. The molecule has 0 spiro atoms. The van der Waals surface area contributed by atoms with E-state index in [0.717, 1.165) is 5.56 Å². The fraction of sp³-hybridized carbons (Fsp3) is 0.105. The van der Waals surface area contributed by atoms with E-state index in [4.69, 9.17) is 5.73 Å². The Balaban J connectivity index is 0.00000261. The number of nitriles is 1. The van der Waals surface area contributed by atoms with E-state index in [1.54, 1.807) is 30.5 Å². The highest BCUT2D eigenvalue weighted by molar-refractivity contribution is 7.92. The minimum absolute atomic E-state index is 0. The monoisotopic (exact) mass is 400 g/mol. The molecule has 2 aromatic carbocycles. The van der Waals surface area contributed by atoms with Crippen molar-refractivity contribution >= 4 is 39.0 Å². The summed E-state index contributed by atoms with van der Waals surface area (Å²) in [4.78, 5) is 3.10. The number of sulfonamides is 1. The second-order valence-electron chi connectivity index (χ2n) is 5.63. The molecule has 0 radical (unpaired) electrons. The van der Waals surface area contributed by atoms with Gasteiger partial charge in [-0.15, -0.1) is 12.4 Å². The van der Waals surface area contributed by atoms with E-state index in [9.17, 15) is 13.7 Å². The van der Waals surface area contributed by atoms with Crippen LogP contribution in [0.5, 0.6) is 0 Å². The minimum atomic E-state index is -3.78. The molecule has 0 aliphatic carbocycles. The summed E-state index contributed by atoms with van der Waals surface area (Å²) in [6.45, 7) is 2.11. The average Bonchev–Trinajstić information content (AvgIpc) is 3.08. The third-order valence-corrected chi connectivity index (χ3v) is 5.29. The van der Waals surface area contributed by atoms with E-state index in [1.807, 2.05) is 6.92 Å². The van der Waals surface area contributed by atoms with Gasteiger partial charge in [0.2, 0.25) is 0 Å². The van der Waals surface area contributed by atoms with Gasteiger partial charge < -0.3 is 10.7 Å². The fourth-order valence-electron chi connectivity index (χ4n) is 2.67. The molecule has 0 unspecified atom stereocenters. The summed E-state index contributed by atoms with van der Waals surface area (Å²) < 4.78 is 28.0. The lowest BCUT2D eigenvalue weighted by molar-refractivity contribution is 0.601. The minimum Gasteiger partial charge on any atom is -0.358 e. The van der Waals surface area contributed by atoms with Crippen LogP contribution in [-0.4, -0.2) is 19.9 Å². The van der Waals surface area contributed by atoms with Gasteiger partial charge in [-0.3, -0.25) is 4.72 Å². The molecule has 0 aliphatic heterocycles. The smallest absolute Gasteiger partial charge is 0.261 e. The molecule has 6 nitrogen and oxygen atoms in total. The molecule has 0 atom stereocenters. The van der Waals surface area contributed by atoms with Crippen molar-refractivity contribution in [1.29, 1.82) is 5.26 Å². The second kappa shape index (κ2) is 8.15. The maximum absolute atomic E-state index is 12.7. The van der Waals surface area contributed by atoms with Crippen molar-refractivity contribution < 1.29 is 8.42 Å². The van der Waals surface area contributed by atoms with Gasteiger partial charge in [-0.05, 0) is 42.8 Å². The summed E-state index contributed by atoms with van der Waals surface area (Å²) in [5, 5.41) is 9.92. The predicted octanol–water partition coefficient (Wildman–Crippen LogP) is 2.88. The van der Waals surface area contributed by atoms with Gasteiger partial charge in [0.05, 0.1) is 28.2 Å². The molecular weight excluding hydrogens is 384 g/mol. The number of aromatic amines is 1. The predicted molar refractivity (Wildman–Crippen MR) is 108 cm³/mol. The molecule has 0 bridgehead atoms. The Labute approximate surface area is 163 Å². The largest absolute Gasteiger partial charge is 0.358 e. The van der Waals surface area contributed by atoms with Gasteiger partial charge >= 0.3 is 0 Å². The quantitative estimate of drug-likeness (QED) is 0.587. The Bertz CT molecular complexity index is 1180. The zero-order chi connectivity index (χ0) is 18.7. The van der Waals surface area contributed by atoms with Crippen molar-refractivity contribution in [2.45, 2.75) is 11.8 Å². The number of halogens is 1. The van der Waals surface area contributed by atoms with Gasteiger partial charge in [-0.2, -0.15) is 5.26 Å². The van der Waals surface area contributed by atoms with Gasteiger partial charge in [-0.25, -0.2) is 8.42 Å². The van der Waals surface area contributed by atoms with Gasteiger partial charge in [0.25, 0.3) is 10.0 Å². The summed E-state index contributed by atoms with van der Waals surface area (Å²) in [5.74, 6) is 5.56. The number of aryl methyl sites for hydroxylation is 1. The molecule has 4 N–H and O–H groups in total. The molecule has 0 saturated heterocycles. The molecule has 1 heterocycles. The number of rotatable bonds is 3. The zero-order valence-electron chi connectivity index (χ0n) is 14.4. The maximum atomic E-state index is 12.7. The van der Waals surface area contributed by atoms with E-state index >= 15 is 0 Å². The number of hydrogen-bond acceptors (Lipinski definition) is 4. The van der Waals surface area contributed by atoms with Crippen LogP contribution >= 0.6 is 12.4 Å². The Kier molecular flexibility index (Phi) is 6.14. The third kappa shape index (κ3) is 4.07. The lowest BCUT2D eigenvalue weighted by Gasteiger charge is -2.10. The Morgan fingerprint density at radius 1 is 1.19 bits per heavy atom. The summed E-state index contributed by atoms with van der Waals surface area (Å²) in [5.41, 5.74) is 8.35.